The zero-order valence-electron chi connectivity index (χ0n) is 25.6. The average molecular weight is 635 g/mol. The van der Waals surface area contributed by atoms with Gasteiger partial charge in [-0.3, -0.25) is 0 Å². The second kappa shape index (κ2) is 12.8. The first-order valence-corrected chi connectivity index (χ1v) is 17.0. The van der Waals surface area contributed by atoms with E-state index in [1.54, 1.807) is 48.3 Å². The van der Waals surface area contributed by atoms with E-state index in [0.717, 1.165) is 67.4 Å². The van der Waals surface area contributed by atoms with Crippen LogP contribution in [0.5, 0.6) is 5.75 Å². The van der Waals surface area contributed by atoms with E-state index in [1.807, 2.05) is 55.4 Å². The number of aryl methyl sites for hydroxylation is 2. The minimum absolute atomic E-state index is 0.137. The lowest BCUT2D eigenvalue weighted by Gasteiger charge is -2.17. The van der Waals surface area contributed by atoms with E-state index in [-0.39, 0.29) is 10.6 Å². The van der Waals surface area contributed by atoms with Crippen LogP contribution in [-0.4, -0.2) is 32.5 Å². The number of hydrogen-bond acceptors (Lipinski definition) is 8. The standard InChI is InChI=1S/C36H34N4O3S2/c1-5-8-25-14-19-30-31(21-22-37-36(30)38-25)39-32-23-24(2)13-20-34(32)44-27-17-15-26(16-18-27)43-45(41,42)35-12-7-9-28-29(35)10-6-11-33(28)40(3)4/h6-7,9-23H,5,8H2,1-4H3,(H,37,38,39). The second-order valence-electron chi connectivity index (χ2n) is 11.0. The summed E-state index contributed by atoms with van der Waals surface area (Å²) in [5, 5.41) is 6.03. The minimum atomic E-state index is -4.07. The molecule has 9 heteroatoms. The third kappa shape index (κ3) is 6.60. The van der Waals surface area contributed by atoms with Crippen molar-refractivity contribution in [2.45, 2.75) is 41.4 Å². The Bertz CT molecular complexity index is 2110. The number of nitrogens with zero attached hydrogens (tertiary/aromatic N) is 3. The van der Waals surface area contributed by atoms with Gasteiger partial charge in [-0.25, -0.2) is 9.97 Å². The summed E-state index contributed by atoms with van der Waals surface area (Å²) in [6.07, 6.45) is 3.73. The molecular weight excluding hydrogens is 601 g/mol. The zero-order chi connectivity index (χ0) is 31.6. The van der Waals surface area contributed by atoms with Crippen LogP contribution in [0.15, 0.2) is 118 Å². The summed E-state index contributed by atoms with van der Waals surface area (Å²) in [6, 6.07) is 30.4. The van der Waals surface area contributed by atoms with Crippen LogP contribution in [0, 0.1) is 6.92 Å². The van der Waals surface area contributed by atoms with Gasteiger partial charge in [0, 0.05) is 57.6 Å². The van der Waals surface area contributed by atoms with Crippen LogP contribution in [0.1, 0.15) is 24.6 Å². The van der Waals surface area contributed by atoms with Gasteiger partial charge in [-0.05, 0) is 85.6 Å². The van der Waals surface area contributed by atoms with E-state index in [4.69, 9.17) is 9.17 Å². The molecule has 0 bridgehead atoms. The molecule has 7 nitrogen and oxygen atoms in total. The van der Waals surface area contributed by atoms with Gasteiger partial charge in [-0.15, -0.1) is 0 Å². The third-order valence-electron chi connectivity index (χ3n) is 7.44. The van der Waals surface area contributed by atoms with Crippen LogP contribution in [0.3, 0.4) is 0 Å². The molecule has 0 aliphatic heterocycles. The summed E-state index contributed by atoms with van der Waals surface area (Å²) in [5.74, 6) is 0.251. The van der Waals surface area contributed by atoms with Crippen LogP contribution < -0.4 is 14.4 Å². The van der Waals surface area contributed by atoms with E-state index in [1.165, 1.54) is 0 Å². The fourth-order valence-electron chi connectivity index (χ4n) is 5.28. The number of fused-ring (bicyclic) bond motifs is 2. The van der Waals surface area contributed by atoms with Crippen molar-refractivity contribution in [2.75, 3.05) is 24.3 Å². The van der Waals surface area contributed by atoms with E-state index >= 15 is 0 Å². The lowest BCUT2D eigenvalue weighted by molar-refractivity contribution is 0.487. The third-order valence-corrected chi connectivity index (χ3v) is 9.83. The molecule has 0 radical (unpaired) electrons. The van der Waals surface area contributed by atoms with Gasteiger partial charge in [-0.2, -0.15) is 8.42 Å². The molecule has 0 fully saturated rings. The van der Waals surface area contributed by atoms with Gasteiger partial charge >= 0.3 is 10.1 Å². The highest BCUT2D eigenvalue weighted by Gasteiger charge is 2.21. The van der Waals surface area contributed by atoms with Crippen molar-refractivity contribution in [2.24, 2.45) is 0 Å². The predicted octanol–water partition coefficient (Wildman–Crippen LogP) is 8.77. The van der Waals surface area contributed by atoms with Crippen molar-refractivity contribution < 1.29 is 12.6 Å². The molecule has 0 atom stereocenters. The van der Waals surface area contributed by atoms with Crippen molar-refractivity contribution >= 4 is 60.7 Å². The molecule has 0 aliphatic carbocycles. The summed E-state index contributed by atoms with van der Waals surface area (Å²) in [6.45, 7) is 4.20. The minimum Gasteiger partial charge on any atom is -0.379 e. The van der Waals surface area contributed by atoms with Gasteiger partial charge in [0.1, 0.15) is 10.6 Å². The lowest BCUT2D eigenvalue weighted by Crippen LogP contribution is -2.12. The summed E-state index contributed by atoms with van der Waals surface area (Å²) >= 11 is 1.58. The maximum atomic E-state index is 13.4. The SMILES string of the molecule is CCCc1ccc2c(Nc3cc(C)ccc3Sc3ccc(OS(=O)(=O)c4cccc5c(N(C)C)cccc45)cc3)ccnc2n1. The summed E-state index contributed by atoms with van der Waals surface area (Å²) in [7, 11) is -0.203. The molecule has 2 aromatic heterocycles. The van der Waals surface area contributed by atoms with Crippen molar-refractivity contribution in [3.8, 4) is 5.75 Å². The Morgan fingerprint density at radius 2 is 1.62 bits per heavy atom. The molecule has 0 aliphatic rings. The van der Waals surface area contributed by atoms with Crippen LogP contribution in [-0.2, 0) is 16.5 Å². The van der Waals surface area contributed by atoms with Crippen LogP contribution in [0.25, 0.3) is 21.8 Å². The molecule has 6 rings (SSSR count). The van der Waals surface area contributed by atoms with Gasteiger partial charge in [0.15, 0.2) is 5.65 Å². The van der Waals surface area contributed by atoms with Crippen molar-refractivity contribution in [3.63, 3.8) is 0 Å². The first kappa shape index (κ1) is 30.4. The molecule has 228 valence electrons. The lowest BCUT2D eigenvalue weighted by atomic mass is 10.1. The predicted molar refractivity (Wildman–Crippen MR) is 185 cm³/mol. The second-order valence-corrected chi connectivity index (χ2v) is 13.7. The number of hydrogen-bond donors (Lipinski definition) is 1. The highest BCUT2D eigenvalue weighted by molar-refractivity contribution is 7.99. The van der Waals surface area contributed by atoms with Crippen molar-refractivity contribution in [1.82, 2.24) is 9.97 Å². The number of anilines is 3. The number of rotatable bonds is 10. The average Bonchev–Trinajstić information content (AvgIpc) is 3.02. The monoisotopic (exact) mass is 634 g/mol. The molecular formula is C36H34N4O3S2. The Hall–Kier alpha value is -4.60. The quantitative estimate of drug-likeness (QED) is 0.150. The van der Waals surface area contributed by atoms with E-state index in [9.17, 15) is 8.42 Å². The Labute approximate surface area is 268 Å². The van der Waals surface area contributed by atoms with Gasteiger partial charge in [-0.1, -0.05) is 55.4 Å². The highest BCUT2D eigenvalue weighted by atomic mass is 32.2. The summed E-state index contributed by atoms with van der Waals surface area (Å²) < 4.78 is 32.4. The van der Waals surface area contributed by atoms with Crippen LogP contribution in [0.2, 0.25) is 0 Å². The normalized spacial score (nSPS) is 11.6. The van der Waals surface area contributed by atoms with Gasteiger partial charge in [0.05, 0.1) is 11.4 Å². The van der Waals surface area contributed by atoms with Crippen molar-refractivity contribution in [3.05, 3.63) is 115 Å². The van der Waals surface area contributed by atoms with Gasteiger partial charge < -0.3 is 14.4 Å². The molecule has 0 spiro atoms. The molecule has 0 saturated carbocycles. The maximum absolute atomic E-state index is 13.4. The first-order valence-electron chi connectivity index (χ1n) is 14.8. The largest absolute Gasteiger partial charge is 0.379 e. The van der Waals surface area contributed by atoms with Gasteiger partial charge in [0.2, 0.25) is 0 Å². The van der Waals surface area contributed by atoms with Crippen molar-refractivity contribution in [1.29, 1.82) is 0 Å². The van der Waals surface area contributed by atoms with E-state index in [2.05, 4.69) is 54.5 Å². The van der Waals surface area contributed by atoms with Crippen LogP contribution >= 0.6 is 11.8 Å². The molecule has 1 N–H and O–H groups in total. The number of benzene rings is 4. The summed E-state index contributed by atoms with van der Waals surface area (Å²) in [5.41, 5.74) is 5.72. The molecule has 0 amide bonds. The Morgan fingerprint density at radius 3 is 2.40 bits per heavy atom. The fraction of sp³-hybridized carbons (Fsp3) is 0.167. The fourth-order valence-corrected chi connectivity index (χ4v) is 7.31. The zero-order valence-corrected chi connectivity index (χ0v) is 27.2. The van der Waals surface area contributed by atoms with Crippen LogP contribution in [0.4, 0.5) is 17.1 Å². The Kier molecular flexibility index (Phi) is 8.65. The summed E-state index contributed by atoms with van der Waals surface area (Å²) in [4.78, 5) is 13.3. The molecule has 2 heterocycles. The maximum Gasteiger partial charge on any atom is 0.339 e. The molecule has 6 aromatic rings. The topological polar surface area (TPSA) is 84.4 Å². The molecule has 4 aromatic carbocycles. The van der Waals surface area contributed by atoms with E-state index in [0.29, 0.717) is 5.39 Å². The molecule has 0 unspecified atom stereocenters. The number of aromatic nitrogens is 2. The smallest absolute Gasteiger partial charge is 0.339 e. The highest BCUT2D eigenvalue weighted by Crippen LogP contribution is 2.38. The number of pyridine rings is 2. The molecule has 45 heavy (non-hydrogen) atoms. The Balaban J connectivity index is 1.23. The Morgan fingerprint density at radius 1 is 0.844 bits per heavy atom. The molecule has 0 saturated heterocycles. The van der Waals surface area contributed by atoms with Gasteiger partial charge in [0.25, 0.3) is 0 Å². The number of nitrogens with one attached hydrogen (secondary N) is 1. The van der Waals surface area contributed by atoms with E-state index < -0.39 is 10.1 Å². The first-order chi connectivity index (χ1) is 21.7.